The fraction of sp³-hybridized carbons (Fsp3) is 0.438. The van der Waals surface area contributed by atoms with Crippen LogP contribution in [0.4, 0.5) is 4.79 Å². The van der Waals surface area contributed by atoms with Gasteiger partial charge in [0.15, 0.2) is 0 Å². The van der Waals surface area contributed by atoms with Gasteiger partial charge in [-0.05, 0) is 30.9 Å². The van der Waals surface area contributed by atoms with Crippen LogP contribution in [0.3, 0.4) is 0 Å². The maximum Gasteiger partial charge on any atom is 0.315 e. The van der Waals surface area contributed by atoms with Crippen molar-refractivity contribution < 1.29 is 9.90 Å². The summed E-state index contributed by atoms with van der Waals surface area (Å²) < 4.78 is 0. The van der Waals surface area contributed by atoms with Gasteiger partial charge in [-0.2, -0.15) is 0 Å². The van der Waals surface area contributed by atoms with Crippen LogP contribution in [0.5, 0.6) is 0 Å². The number of aliphatic hydroxyl groups is 1. The quantitative estimate of drug-likeness (QED) is 0.657. The van der Waals surface area contributed by atoms with E-state index < -0.39 is 0 Å². The van der Waals surface area contributed by atoms with E-state index in [4.69, 9.17) is 5.11 Å². The summed E-state index contributed by atoms with van der Waals surface area (Å²) >= 11 is 0. The molecule has 1 aromatic heterocycles. The molecule has 1 heterocycles. The topological polar surface area (TPSA) is 77.2 Å². The van der Waals surface area contributed by atoms with E-state index in [-0.39, 0.29) is 18.7 Å². The molecule has 0 aliphatic heterocycles. The van der Waals surface area contributed by atoms with Crippen LogP contribution in [0.15, 0.2) is 24.4 Å². The summed E-state index contributed by atoms with van der Waals surface area (Å²) in [5.41, 5.74) is 3.57. The van der Waals surface area contributed by atoms with Gasteiger partial charge in [0.25, 0.3) is 0 Å². The summed E-state index contributed by atoms with van der Waals surface area (Å²) in [6, 6.07) is 5.80. The summed E-state index contributed by atoms with van der Waals surface area (Å²) in [5, 5.41) is 15.8. The molecule has 2 rings (SSSR count). The maximum absolute atomic E-state index is 11.7. The Labute approximate surface area is 124 Å². The van der Waals surface area contributed by atoms with Crippen LogP contribution < -0.4 is 10.6 Å². The maximum atomic E-state index is 11.7. The monoisotopic (exact) mass is 289 g/mol. The number of hydrogen-bond donors (Lipinski definition) is 4. The summed E-state index contributed by atoms with van der Waals surface area (Å²) in [6.45, 7) is 4.53. The minimum atomic E-state index is -0.230. The van der Waals surface area contributed by atoms with Gasteiger partial charge in [-0.25, -0.2) is 4.79 Å². The van der Waals surface area contributed by atoms with Gasteiger partial charge >= 0.3 is 6.03 Å². The minimum absolute atomic E-state index is 0.0361. The lowest BCUT2D eigenvalue weighted by Gasteiger charge is -2.14. The Balaban J connectivity index is 1.88. The fourth-order valence-corrected chi connectivity index (χ4v) is 2.39. The summed E-state index contributed by atoms with van der Waals surface area (Å²) in [5.74, 6) is 0. The Morgan fingerprint density at radius 3 is 2.95 bits per heavy atom. The lowest BCUT2D eigenvalue weighted by molar-refractivity contribution is 0.214. The van der Waals surface area contributed by atoms with E-state index in [2.05, 4.69) is 34.7 Å². The highest BCUT2D eigenvalue weighted by molar-refractivity contribution is 5.85. The number of rotatable bonds is 6. The predicted octanol–water partition coefficient (Wildman–Crippen LogP) is 2.09. The number of fused-ring (bicyclic) bond motifs is 1. The van der Waals surface area contributed by atoms with Gasteiger partial charge < -0.3 is 20.7 Å². The molecule has 5 nitrogen and oxygen atoms in total. The van der Waals surface area contributed by atoms with Gasteiger partial charge in [0, 0.05) is 23.6 Å². The molecule has 0 aliphatic carbocycles. The number of aliphatic hydroxyl groups excluding tert-OH is 1. The lowest BCUT2D eigenvalue weighted by Crippen LogP contribution is -2.44. The number of aromatic amines is 1. The molecule has 0 saturated heterocycles. The number of para-hydroxylation sites is 1. The van der Waals surface area contributed by atoms with Crippen molar-refractivity contribution in [2.24, 2.45) is 0 Å². The zero-order chi connectivity index (χ0) is 15.2. The van der Waals surface area contributed by atoms with Crippen molar-refractivity contribution in [1.29, 1.82) is 0 Å². The third-order valence-corrected chi connectivity index (χ3v) is 3.74. The van der Waals surface area contributed by atoms with Gasteiger partial charge in [-0.15, -0.1) is 0 Å². The molecule has 5 heteroatoms. The molecule has 21 heavy (non-hydrogen) atoms. The van der Waals surface area contributed by atoms with E-state index in [0.717, 1.165) is 11.9 Å². The highest BCUT2D eigenvalue weighted by atomic mass is 16.3. The van der Waals surface area contributed by atoms with Crippen molar-refractivity contribution in [3.05, 3.63) is 35.5 Å². The number of hydrogen-bond acceptors (Lipinski definition) is 2. The average molecular weight is 289 g/mol. The molecule has 2 aromatic rings. The van der Waals surface area contributed by atoms with Crippen molar-refractivity contribution in [1.82, 2.24) is 15.6 Å². The third-order valence-electron chi connectivity index (χ3n) is 3.74. The van der Waals surface area contributed by atoms with Gasteiger partial charge in [0.1, 0.15) is 0 Å². The molecule has 0 spiro atoms. The Morgan fingerprint density at radius 2 is 2.24 bits per heavy atom. The molecule has 1 atom stereocenters. The van der Waals surface area contributed by atoms with Crippen molar-refractivity contribution in [3.8, 4) is 0 Å². The van der Waals surface area contributed by atoms with Crippen LogP contribution in [0.25, 0.3) is 10.9 Å². The van der Waals surface area contributed by atoms with Crippen LogP contribution in [-0.4, -0.2) is 35.3 Å². The number of urea groups is 1. The van der Waals surface area contributed by atoms with E-state index >= 15 is 0 Å². The highest BCUT2D eigenvalue weighted by Crippen LogP contribution is 2.21. The third kappa shape index (κ3) is 3.76. The van der Waals surface area contributed by atoms with E-state index in [1.165, 1.54) is 16.5 Å². The van der Waals surface area contributed by atoms with Crippen LogP contribution in [0.1, 0.15) is 24.5 Å². The normalized spacial score (nSPS) is 12.3. The van der Waals surface area contributed by atoms with Crippen LogP contribution in [0.2, 0.25) is 0 Å². The second-order valence-electron chi connectivity index (χ2n) is 5.25. The number of aromatic nitrogens is 1. The molecule has 0 fully saturated rings. The zero-order valence-corrected chi connectivity index (χ0v) is 12.6. The smallest absolute Gasteiger partial charge is 0.315 e. The molecule has 1 unspecified atom stereocenters. The molecule has 114 valence electrons. The summed E-state index contributed by atoms with van der Waals surface area (Å²) in [4.78, 5) is 15.0. The van der Waals surface area contributed by atoms with Gasteiger partial charge in [0.05, 0.1) is 12.6 Å². The fourth-order valence-electron chi connectivity index (χ4n) is 2.39. The molecule has 0 bridgehead atoms. The predicted molar refractivity (Wildman–Crippen MR) is 84.4 cm³/mol. The number of benzene rings is 1. The number of H-pyrrole nitrogens is 1. The van der Waals surface area contributed by atoms with Crippen LogP contribution in [0, 0.1) is 6.92 Å². The Morgan fingerprint density at radius 1 is 1.43 bits per heavy atom. The van der Waals surface area contributed by atoms with E-state index in [1.54, 1.807) is 0 Å². The largest absolute Gasteiger partial charge is 0.394 e. The first-order chi connectivity index (χ1) is 10.2. The molecule has 0 aliphatic rings. The number of amides is 2. The van der Waals surface area contributed by atoms with Gasteiger partial charge in [0.2, 0.25) is 0 Å². The van der Waals surface area contributed by atoms with E-state index in [1.807, 2.05) is 19.2 Å². The SMILES string of the molecule is CCC(CO)NC(=O)NCCc1c[nH]c2c(C)cccc12. The summed E-state index contributed by atoms with van der Waals surface area (Å²) in [7, 11) is 0. The van der Waals surface area contributed by atoms with E-state index in [0.29, 0.717) is 13.0 Å². The summed E-state index contributed by atoms with van der Waals surface area (Å²) in [6.07, 6.45) is 3.48. The molecule has 2 amide bonds. The number of aryl methyl sites for hydroxylation is 1. The number of carbonyl (C=O) groups excluding carboxylic acids is 1. The molecule has 1 aromatic carbocycles. The van der Waals surface area contributed by atoms with Crippen molar-refractivity contribution in [3.63, 3.8) is 0 Å². The standard InChI is InChI=1S/C16H23N3O2/c1-3-13(10-20)19-16(21)17-8-7-12-9-18-15-11(2)5-4-6-14(12)15/h4-6,9,13,18,20H,3,7-8,10H2,1-2H3,(H2,17,19,21). The molecular formula is C16H23N3O2. The Bertz CT molecular complexity index is 603. The van der Waals surface area contributed by atoms with Crippen molar-refractivity contribution >= 4 is 16.9 Å². The Kier molecular flexibility index (Phi) is 5.22. The van der Waals surface area contributed by atoms with Crippen molar-refractivity contribution in [2.45, 2.75) is 32.7 Å². The number of carbonyl (C=O) groups is 1. The van der Waals surface area contributed by atoms with Gasteiger partial charge in [-0.3, -0.25) is 0 Å². The first kappa shape index (κ1) is 15.4. The first-order valence-electron chi connectivity index (χ1n) is 7.36. The van der Waals surface area contributed by atoms with Crippen molar-refractivity contribution in [2.75, 3.05) is 13.2 Å². The average Bonchev–Trinajstić information content (AvgIpc) is 2.89. The Hall–Kier alpha value is -2.01. The lowest BCUT2D eigenvalue weighted by atomic mass is 10.1. The molecular weight excluding hydrogens is 266 g/mol. The molecule has 0 saturated carbocycles. The highest BCUT2D eigenvalue weighted by Gasteiger charge is 2.09. The zero-order valence-electron chi connectivity index (χ0n) is 12.6. The second kappa shape index (κ2) is 7.13. The second-order valence-corrected chi connectivity index (χ2v) is 5.25. The number of nitrogens with one attached hydrogen (secondary N) is 3. The van der Waals surface area contributed by atoms with Gasteiger partial charge in [-0.1, -0.05) is 25.1 Å². The van der Waals surface area contributed by atoms with E-state index in [9.17, 15) is 4.79 Å². The molecule has 4 N–H and O–H groups in total. The first-order valence-corrected chi connectivity index (χ1v) is 7.36. The molecule has 0 radical (unpaired) electrons. The van der Waals surface area contributed by atoms with Crippen LogP contribution >= 0.6 is 0 Å². The minimum Gasteiger partial charge on any atom is -0.394 e. The van der Waals surface area contributed by atoms with Crippen LogP contribution in [-0.2, 0) is 6.42 Å².